The summed E-state index contributed by atoms with van der Waals surface area (Å²) in [5, 5.41) is 0. The monoisotopic (exact) mass is 180 g/mol. The Morgan fingerprint density at radius 3 is 2.42 bits per heavy atom. The van der Waals surface area contributed by atoms with Crippen LogP contribution < -0.4 is 4.74 Å². The van der Waals surface area contributed by atoms with E-state index < -0.39 is 12.2 Å². The molecule has 0 spiro atoms. The Bertz CT molecular complexity index is 259. The SMILES string of the molecule is Cc1nc(OC(F)(F)F)cn1C. The van der Waals surface area contributed by atoms with E-state index in [1.54, 1.807) is 14.0 Å². The van der Waals surface area contributed by atoms with Gasteiger partial charge in [-0.25, -0.2) is 0 Å². The molecule has 0 fully saturated rings. The standard InChI is InChI=1S/C6H7F3N2O/c1-4-10-5(3-11(4)2)12-6(7,8)9/h3H,1-2H3. The van der Waals surface area contributed by atoms with E-state index in [0.717, 1.165) is 0 Å². The molecule has 0 atom stereocenters. The van der Waals surface area contributed by atoms with Gasteiger partial charge >= 0.3 is 6.36 Å². The number of hydrogen-bond acceptors (Lipinski definition) is 2. The zero-order chi connectivity index (χ0) is 9.35. The Hall–Kier alpha value is -1.20. The molecule has 0 unspecified atom stereocenters. The summed E-state index contributed by atoms with van der Waals surface area (Å²) in [7, 11) is 1.59. The maximum atomic E-state index is 11.6. The molecule has 6 heteroatoms. The van der Waals surface area contributed by atoms with Crippen molar-refractivity contribution in [1.82, 2.24) is 9.55 Å². The van der Waals surface area contributed by atoms with Crippen molar-refractivity contribution < 1.29 is 17.9 Å². The zero-order valence-corrected chi connectivity index (χ0v) is 6.51. The number of aromatic nitrogens is 2. The lowest BCUT2D eigenvalue weighted by Crippen LogP contribution is -2.17. The van der Waals surface area contributed by atoms with Crippen LogP contribution in [0.15, 0.2) is 6.20 Å². The van der Waals surface area contributed by atoms with Crippen molar-refractivity contribution in [2.75, 3.05) is 0 Å². The molecule has 0 aromatic carbocycles. The number of ether oxygens (including phenoxy) is 1. The van der Waals surface area contributed by atoms with Crippen LogP contribution in [0.4, 0.5) is 13.2 Å². The van der Waals surface area contributed by atoms with Crippen LogP contribution in [-0.4, -0.2) is 15.9 Å². The number of imidazole rings is 1. The normalized spacial score (nSPS) is 11.8. The molecule has 1 aromatic rings. The maximum Gasteiger partial charge on any atom is 0.574 e. The Kier molecular flexibility index (Phi) is 1.99. The van der Waals surface area contributed by atoms with Crippen LogP contribution in [0.1, 0.15) is 5.82 Å². The van der Waals surface area contributed by atoms with Gasteiger partial charge in [0.1, 0.15) is 5.82 Å². The number of aryl methyl sites for hydroxylation is 2. The molecule has 0 aliphatic carbocycles. The minimum Gasteiger partial charge on any atom is -0.386 e. The number of alkyl halides is 3. The molecule has 0 radical (unpaired) electrons. The van der Waals surface area contributed by atoms with E-state index in [2.05, 4.69) is 9.72 Å². The molecule has 0 amide bonds. The van der Waals surface area contributed by atoms with Gasteiger partial charge in [0, 0.05) is 7.05 Å². The summed E-state index contributed by atoms with van der Waals surface area (Å²) in [5.74, 6) is 0.0387. The molecule has 0 bridgehead atoms. The van der Waals surface area contributed by atoms with Crippen LogP contribution in [0.25, 0.3) is 0 Å². The fourth-order valence-corrected chi connectivity index (χ4v) is 0.694. The highest BCUT2D eigenvalue weighted by Crippen LogP contribution is 2.20. The number of nitrogens with zero attached hydrogens (tertiary/aromatic N) is 2. The van der Waals surface area contributed by atoms with Crippen molar-refractivity contribution in [2.45, 2.75) is 13.3 Å². The molecular weight excluding hydrogens is 173 g/mol. The Morgan fingerprint density at radius 1 is 1.50 bits per heavy atom. The van der Waals surface area contributed by atoms with E-state index in [1.807, 2.05) is 0 Å². The van der Waals surface area contributed by atoms with Gasteiger partial charge in [-0.15, -0.1) is 13.2 Å². The average molecular weight is 180 g/mol. The Labute approximate surface area is 66.8 Å². The van der Waals surface area contributed by atoms with Gasteiger partial charge < -0.3 is 9.30 Å². The summed E-state index contributed by atoms with van der Waals surface area (Å²) in [5.41, 5.74) is 0. The molecule has 3 nitrogen and oxygen atoms in total. The minimum absolute atomic E-state index is 0.428. The number of halogens is 3. The summed E-state index contributed by atoms with van der Waals surface area (Å²) >= 11 is 0. The number of hydrogen-bond donors (Lipinski definition) is 0. The molecule has 0 N–H and O–H groups in total. The zero-order valence-electron chi connectivity index (χ0n) is 6.51. The van der Waals surface area contributed by atoms with Crippen molar-refractivity contribution in [3.8, 4) is 5.88 Å². The van der Waals surface area contributed by atoms with E-state index in [0.29, 0.717) is 5.82 Å². The first-order valence-electron chi connectivity index (χ1n) is 3.14. The van der Waals surface area contributed by atoms with Crippen molar-refractivity contribution >= 4 is 0 Å². The Balaban J connectivity index is 2.77. The lowest BCUT2D eigenvalue weighted by atomic mass is 10.7. The largest absolute Gasteiger partial charge is 0.574 e. The van der Waals surface area contributed by atoms with Crippen molar-refractivity contribution in [1.29, 1.82) is 0 Å². The second-order valence-corrected chi connectivity index (χ2v) is 2.29. The molecule has 68 valence electrons. The lowest BCUT2D eigenvalue weighted by Gasteiger charge is -2.03. The van der Waals surface area contributed by atoms with Gasteiger partial charge in [-0.2, -0.15) is 4.98 Å². The third-order valence-electron chi connectivity index (χ3n) is 1.31. The average Bonchev–Trinajstić information content (AvgIpc) is 2.07. The first-order valence-corrected chi connectivity index (χ1v) is 3.14. The molecule has 1 heterocycles. The van der Waals surface area contributed by atoms with Crippen molar-refractivity contribution in [2.24, 2.45) is 7.05 Å². The van der Waals surface area contributed by atoms with Crippen LogP contribution in [0, 0.1) is 6.92 Å². The third-order valence-corrected chi connectivity index (χ3v) is 1.31. The smallest absolute Gasteiger partial charge is 0.386 e. The molecule has 0 aliphatic rings. The molecule has 1 rings (SSSR count). The summed E-state index contributed by atoms with van der Waals surface area (Å²) < 4.78 is 39.8. The third kappa shape index (κ3) is 2.14. The van der Waals surface area contributed by atoms with Crippen LogP contribution in [0.5, 0.6) is 5.88 Å². The fraction of sp³-hybridized carbons (Fsp3) is 0.500. The molecule has 12 heavy (non-hydrogen) atoms. The minimum atomic E-state index is -4.67. The van der Waals surface area contributed by atoms with Gasteiger partial charge in [0.25, 0.3) is 0 Å². The predicted octanol–water partition coefficient (Wildman–Crippen LogP) is 1.63. The van der Waals surface area contributed by atoms with Crippen molar-refractivity contribution in [3.05, 3.63) is 12.0 Å². The van der Waals surface area contributed by atoms with Crippen molar-refractivity contribution in [3.63, 3.8) is 0 Å². The van der Waals surface area contributed by atoms with Gasteiger partial charge in [0.2, 0.25) is 5.88 Å². The summed E-state index contributed by atoms with van der Waals surface area (Å²) in [4.78, 5) is 3.52. The van der Waals surface area contributed by atoms with E-state index in [4.69, 9.17) is 0 Å². The predicted molar refractivity (Wildman–Crippen MR) is 34.6 cm³/mol. The van der Waals surface area contributed by atoms with Gasteiger partial charge in [0.05, 0.1) is 6.20 Å². The van der Waals surface area contributed by atoms with E-state index in [-0.39, 0.29) is 0 Å². The fourth-order valence-electron chi connectivity index (χ4n) is 0.694. The maximum absolute atomic E-state index is 11.6. The van der Waals surface area contributed by atoms with E-state index >= 15 is 0 Å². The topological polar surface area (TPSA) is 27.1 Å². The highest BCUT2D eigenvalue weighted by molar-refractivity contribution is 5.08. The lowest BCUT2D eigenvalue weighted by molar-refractivity contribution is -0.276. The second-order valence-electron chi connectivity index (χ2n) is 2.29. The Morgan fingerprint density at radius 2 is 2.08 bits per heavy atom. The highest BCUT2D eigenvalue weighted by Gasteiger charge is 2.32. The number of rotatable bonds is 1. The van der Waals surface area contributed by atoms with Crippen LogP contribution in [0.3, 0.4) is 0 Å². The molecule has 1 aromatic heterocycles. The van der Waals surface area contributed by atoms with E-state index in [1.165, 1.54) is 10.8 Å². The quantitative estimate of drug-likeness (QED) is 0.656. The first kappa shape index (κ1) is 8.89. The van der Waals surface area contributed by atoms with Crippen LogP contribution >= 0.6 is 0 Å². The van der Waals surface area contributed by atoms with E-state index in [9.17, 15) is 13.2 Å². The van der Waals surface area contributed by atoms with Gasteiger partial charge in [-0.05, 0) is 6.92 Å². The molecule has 0 saturated heterocycles. The molecule has 0 aliphatic heterocycles. The highest BCUT2D eigenvalue weighted by atomic mass is 19.4. The van der Waals surface area contributed by atoms with Gasteiger partial charge in [-0.3, -0.25) is 0 Å². The summed E-state index contributed by atoms with van der Waals surface area (Å²) in [6.07, 6.45) is -3.50. The van der Waals surface area contributed by atoms with Gasteiger partial charge in [0.15, 0.2) is 0 Å². The molecule has 0 saturated carbocycles. The summed E-state index contributed by atoms with van der Waals surface area (Å²) in [6.45, 7) is 1.59. The molecular formula is C6H7F3N2O. The summed E-state index contributed by atoms with van der Waals surface area (Å²) in [6, 6.07) is 0. The van der Waals surface area contributed by atoms with Gasteiger partial charge in [-0.1, -0.05) is 0 Å². The second kappa shape index (κ2) is 2.69. The van der Waals surface area contributed by atoms with Crippen LogP contribution in [-0.2, 0) is 7.05 Å². The first-order chi connectivity index (χ1) is 5.38. The van der Waals surface area contributed by atoms with Crippen LogP contribution in [0.2, 0.25) is 0 Å².